The summed E-state index contributed by atoms with van der Waals surface area (Å²) in [4.78, 5) is 12.5. The van der Waals surface area contributed by atoms with Crippen molar-refractivity contribution in [2.24, 2.45) is 0 Å². The fraction of sp³-hybridized carbons (Fsp3) is 0.105. The van der Waals surface area contributed by atoms with Crippen LogP contribution in [-0.4, -0.2) is 13.0 Å². The monoisotopic (exact) mass is 325 g/mol. The average Bonchev–Trinajstić information content (AvgIpc) is 2.98. The SMILES string of the molecule is COc1ccccc1NC(=O)c1cc(-c2ccc(F)cc2)oc1C. The lowest BCUT2D eigenvalue weighted by Gasteiger charge is -2.09. The van der Waals surface area contributed by atoms with E-state index in [2.05, 4.69) is 5.32 Å². The molecule has 0 atom stereocenters. The molecule has 24 heavy (non-hydrogen) atoms. The number of aryl methyl sites for hydroxylation is 1. The zero-order valence-corrected chi connectivity index (χ0v) is 13.3. The number of carbonyl (C=O) groups excluding carboxylic acids is 1. The molecule has 3 rings (SSSR count). The third-order valence-corrected chi connectivity index (χ3v) is 3.65. The van der Waals surface area contributed by atoms with Gasteiger partial charge in [-0.3, -0.25) is 4.79 Å². The largest absolute Gasteiger partial charge is 0.495 e. The lowest BCUT2D eigenvalue weighted by Crippen LogP contribution is -2.12. The Balaban J connectivity index is 1.87. The topological polar surface area (TPSA) is 51.5 Å². The highest BCUT2D eigenvalue weighted by Gasteiger charge is 2.17. The Morgan fingerprint density at radius 3 is 2.54 bits per heavy atom. The molecular formula is C19H16FNO3. The van der Waals surface area contributed by atoms with Crippen LogP contribution in [0.4, 0.5) is 10.1 Å². The highest BCUT2D eigenvalue weighted by molar-refractivity contribution is 6.06. The Bertz CT molecular complexity index is 869. The number of benzene rings is 2. The number of hydrogen-bond donors (Lipinski definition) is 1. The number of methoxy groups -OCH3 is 1. The van der Waals surface area contributed by atoms with Gasteiger partial charge in [0.2, 0.25) is 0 Å². The van der Waals surface area contributed by atoms with Crippen LogP contribution in [0, 0.1) is 12.7 Å². The predicted molar refractivity (Wildman–Crippen MR) is 89.8 cm³/mol. The van der Waals surface area contributed by atoms with Crippen LogP contribution in [-0.2, 0) is 0 Å². The Morgan fingerprint density at radius 1 is 1.12 bits per heavy atom. The number of carbonyl (C=O) groups is 1. The van der Waals surface area contributed by atoms with Gasteiger partial charge in [0.15, 0.2) is 0 Å². The number of nitrogens with one attached hydrogen (secondary N) is 1. The first kappa shape index (κ1) is 15.8. The molecule has 1 amide bonds. The summed E-state index contributed by atoms with van der Waals surface area (Å²) < 4.78 is 23.9. The van der Waals surface area contributed by atoms with Gasteiger partial charge < -0.3 is 14.5 Å². The Hall–Kier alpha value is -3.08. The van der Waals surface area contributed by atoms with Crippen LogP contribution in [0.2, 0.25) is 0 Å². The highest BCUT2D eigenvalue weighted by Crippen LogP contribution is 2.28. The molecule has 5 heteroatoms. The van der Waals surface area contributed by atoms with E-state index in [9.17, 15) is 9.18 Å². The summed E-state index contributed by atoms with van der Waals surface area (Å²) in [5.74, 6) is 0.954. The van der Waals surface area contributed by atoms with Crippen LogP contribution in [0.25, 0.3) is 11.3 Å². The van der Waals surface area contributed by atoms with Crippen LogP contribution < -0.4 is 10.1 Å². The second-order valence-electron chi connectivity index (χ2n) is 5.24. The fourth-order valence-electron chi connectivity index (χ4n) is 2.40. The first-order valence-corrected chi connectivity index (χ1v) is 7.39. The standard InChI is InChI=1S/C19H16FNO3/c1-12-15(11-18(24-12)13-7-9-14(20)10-8-13)19(22)21-16-5-3-4-6-17(16)23-2/h3-11H,1-2H3,(H,21,22). The number of furan rings is 1. The zero-order valence-electron chi connectivity index (χ0n) is 13.3. The summed E-state index contributed by atoms with van der Waals surface area (Å²) in [7, 11) is 1.54. The van der Waals surface area contributed by atoms with Crippen LogP contribution in [0.15, 0.2) is 59.0 Å². The van der Waals surface area contributed by atoms with Gasteiger partial charge in [-0.2, -0.15) is 0 Å². The molecule has 4 nitrogen and oxygen atoms in total. The quantitative estimate of drug-likeness (QED) is 0.759. The van der Waals surface area contributed by atoms with E-state index < -0.39 is 0 Å². The van der Waals surface area contributed by atoms with Crippen LogP contribution in [0.3, 0.4) is 0 Å². The lowest BCUT2D eigenvalue weighted by atomic mass is 10.1. The van der Waals surface area contributed by atoms with E-state index in [0.717, 1.165) is 0 Å². The molecule has 2 aromatic carbocycles. The minimum atomic E-state index is -0.323. The zero-order chi connectivity index (χ0) is 17.1. The van der Waals surface area contributed by atoms with Crippen molar-refractivity contribution in [1.82, 2.24) is 0 Å². The number of anilines is 1. The van der Waals surface area contributed by atoms with Crippen molar-refractivity contribution < 1.29 is 18.3 Å². The first-order valence-electron chi connectivity index (χ1n) is 7.39. The number of hydrogen-bond acceptors (Lipinski definition) is 3. The summed E-state index contributed by atoms with van der Waals surface area (Å²) in [5.41, 5.74) is 1.70. The molecule has 0 spiro atoms. The molecule has 0 bridgehead atoms. The number of rotatable bonds is 4. The summed E-state index contributed by atoms with van der Waals surface area (Å²) in [6.45, 7) is 1.71. The minimum absolute atomic E-state index is 0.297. The molecular weight excluding hydrogens is 309 g/mol. The van der Waals surface area contributed by atoms with E-state index in [0.29, 0.717) is 34.1 Å². The third-order valence-electron chi connectivity index (χ3n) is 3.65. The van der Waals surface area contributed by atoms with Gasteiger partial charge in [-0.25, -0.2) is 4.39 Å². The van der Waals surface area contributed by atoms with Crippen molar-refractivity contribution >= 4 is 11.6 Å². The molecule has 3 aromatic rings. The van der Waals surface area contributed by atoms with Gasteiger partial charge in [-0.1, -0.05) is 12.1 Å². The van der Waals surface area contributed by atoms with E-state index in [4.69, 9.17) is 9.15 Å². The number of para-hydroxylation sites is 2. The normalized spacial score (nSPS) is 10.5. The van der Waals surface area contributed by atoms with Gasteiger partial charge in [0.1, 0.15) is 23.1 Å². The third kappa shape index (κ3) is 3.15. The van der Waals surface area contributed by atoms with E-state index in [1.54, 1.807) is 44.4 Å². The van der Waals surface area contributed by atoms with Gasteiger partial charge in [0.05, 0.1) is 18.4 Å². The maximum atomic E-state index is 13.0. The molecule has 0 saturated heterocycles. The van der Waals surface area contributed by atoms with Crippen molar-refractivity contribution in [2.75, 3.05) is 12.4 Å². The van der Waals surface area contributed by atoms with E-state index >= 15 is 0 Å². The highest BCUT2D eigenvalue weighted by atomic mass is 19.1. The molecule has 1 aromatic heterocycles. The van der Waals surface area contributed by atoms with Gasteiger partial charge >= 0.3 is 0 Å². The van der Waals surface area contributed by atoms with Gasteiger partial charge in [-0.15, -0.1) is 0 Å². The van der Waals surface area contributed by atoms with Crippen LogP contribution in [0.1, 0.15) is 16.1 Å². The van der Waals surface area contributed by atoms with Gasteiger partial charge in [0.25, 0.3) is 5.91 Å². The van der Waals surface area contributed by atoms with E-state index in [1.807, 2.05) is 12.1 Å². The number of halogens is 1. The smallest absolute Gasteiger partial charge is 0.259 e. The molecule has 0 aliphatic carbocycles. The van der Waals surface area contributed by atoms with Crippen LogP contribution in [0.5, 0.6) is 5.75 Å². The second-order valence-corrected chi connectivity index (χ2v) is 5.24. The van der Waals surface area contributed by atoms with E-state index in [1.165, 1.54) is 12.1 Å². The molecule has 0 unspecified atom stereocenters. The molecule has 1 heterocycles. The maximum Gasteiger partial charge on any atom is 0.259 e. The van der Waals surface area contributed by atoms with Gasteiger partial charge in [0, 0.05) is 5.56 Å². The van der Waals surface area contributed by atoms with Gasteiger partial charge in [-0.05, 0) is 49.4 Å². The number of amides is 1. The van der Waals surface area contributed by atoms with Crippen molar-refractivity contribution in [3.63, 3.8) is 0 Å². The predicted octanol–water partition coefficient (Wildman–Crippen LogP) is 4.66. The van der Waals surface area contributed by atoms with Crippen LogP contribution >= 0.6 is 0 Å². The minimum Gasteiger partial charge on any atom is -0.495 e. The Kier molecular flexibility index (Phi) is 4.33. The van der Waals surface area contributed by atoms with Crippen molar-refractivity contribution in [3.05, 3.63) is 71.7 Å². The second kappa shape index (κ2) is 6.58. The molecule has 0 fully saturated rings. The maximum absolute atomic E-state index is 13.0. The lowest BCUT2D eigenvalue weighted by molar-refractivity contribution is 0.102. The summed E-state index contributed by atoms with van der Waals surface area (Å²) in [6.07, 6.45) is 0. The molecule has 0 saturated carbocycles. The molecule has 0 radical (unpaired) electrons. The molecule has 1 N–H and O–H groups in total. The summed E-state index contributed by atoms with van der Waals surface area (Å²) >= 11 is 0. The Morgan fingerprint density at radius 2 is 1.83 bits per heavy atom. The summed E-state index contributed by atoms with van der Waals surface area (Å²) in [5, 5.41) is 2.81. The van der Waals surface area contributed by atoms with Crippen molar-refractivity contribution in [1.29, 1.82) is 0 Å². The summed E-state index contributed by atoms with van der Waals surface area (Å²) in [6, 6.07) is 14.7. The molecule has 122 valence electrons. The first-order chi connectivity index (χ1) is 11.6. The van der Waals surface area contributed by atoms with Crippen molar-refractivity contribution in [3.8, 4) is 17.1 Å². The average molecular weight is 325 g/mol. The fourth-order valence-corrected chi connectivity index (χ4v) is 2.40. The molecule has 0 aliphatic heterocycles. The number of ether oxygens (including phenoxy) is 1. The molecule has 0 aliphatic rings. The van der Waals surface area contributed by atoms with Crippen molar-refractivity contribution in [2.45, 2.75) is 6.92 Å². The van der Waals surface area contributed by atoms with E-state index in [-0.39, 0.29) is 11.7 Å². The Labute approximate surface area is 138 Å².